The molecule has 2 aromatic rings. The standard InChI is InChI=1S/C16H17F2NO2/c1-19-14(12-5-3-4-6-15(12)20-2)10-21-16-8-7-11(17)9-13(16)18/h3-9,14,19H,10H2,1-2H3. The molecule has 2 rings (SSSR count). The number of nitrogens with one attached hydrogen (secondary N) is 1. The van der Waals surface area contributed by atoms with Crippen molar-refractivity contribution in [3.05, 3.63) is 59.7 Å². The zero-order chi connectivity index (χ0) is 15.2. The second-order valence-electron chi connectivity index (χ2n) is 4.47. The van der Waals surface area contributed by atoms with Gasteiger partial charge in [-0.15, -0.1) is 0 Å². The lowest BCUT2D eigenvalue weighted by Crippen LogP contribution is -2.24. The van der Waals surface area contributed by atoms with E-state index >= 15 is 0 Å². The number of hydrogen-bond donors (Lipinski definition) is 1. The molecule has 0 aliphatic rings. The van der Waals surface area contributed by atoms with Gasteiger partial charge in [0.2, 0.25) is 0 Å². The lowest BCUT2D eigenvalue weighted by atomic mass is 10.1. The van der Waals surface area contributed by atoms with E-state index < -0.39 is 11.6 Å². The van der Waals surface area contributed by atoms with E-state index in [1.807, 2.05) is 24.3 Å². The summed E-state index contributed by atoms with van der Waals surface area (Å²) in [5.74, 6) is -0.605. The quantitative estimate of drug-likeness (QED) is 0.886. The monoisotopic (exact) mass is 293 g/mol. The second kappa shape index (κ2) is 7.04. The minimum absolute atomic E-state index is 0.0200. The van der Waals surface area contributed by atoms with Crippen molar-refractivity contribution in [2.75, 3.05) is 20.8 Å². The van der Waals surface area contributed by atoms with E-state index in [-0.39, 0.29) is 18.4 Å². The van der Waals surface area contributed by atoms with Crippen LogP contribution >= 0.6 is 0 Å². The molecule has 21 heavy (non-hydrogen) atoms. The highest BCUT2D eigenvalue weighted by Gasteiger charge is 2.15. The summed E-state index contributed by atoms with van der Waals surface area (Å²) < 4.78 is 37.1. The van der Waals surface area contributed by atoms with Crippen molar-refractivity contribution in [3.8, 4) is 11.5 Å². The molecule has 1 atom stereocenters. The Morgan fingerprint density at radius 3 is 2.52 bits per heavy atom. The van der Waals surface area contributed by atoms with Crippen molar-refractivity contribution in [2.24, 2.45) is 0 Å². The predicted octanol–water partition coefficient (Wildman–Crippen LogP) is 3.31. The fraction of sp³-hybridized carbons (Fsp3) is 0.250. The van der Waals surface area contributed by atoms with Crippen molar-refractivity contribution in [1.82, 2.24) is 5.32 Å². The van der Waals surface area contributed by atoms with E-state index in [9.17, 15) is 8.78 Å². The van der Waals surface area contributed by atoms with Crippen LogP contribution in [0.2, 0.25) is 0 Å². The van der Waals surface area contributed by atoms with Gasteiger partial charge < -0.3 is 14.8 Å². The number of ether oxygens (including phenoxy) is 2. The van der Waals surface area contributed by atoms with E-state index in [4.69, 9.17) is 9.47 Å². The molecule has 0 bridgehead atoms. The molecule has 0 fully saturated rings. The highest BCUT2D eigenvalue weighted by Crippen LogP contribution is 2.26. The van der Waals surface area contributed by atoms with Crippen molar-refractivity contribution in [2.45, 2.75) is 6.04 Å². The lowest BCUT2D eigenvalue weighted by Gasteiger charge is -2.20. The Morgan fingerprint density at radius 1 is 1.10 bits per heavy atom. The van der Waals surface area contributed by atoms with E-state index in [1.54, 1.807) is 14.2 Å². The van der Waals surface area contributed by atoms with Gasteiger partial charge in [0.15, 0.2) is 11.6 Å². The first kappa shape index (κ1) is 15.3. The number of likely N-dealkylation sites (N-methyl/N-ethyl adjacent to an activating group) is 1. The summed E-state index contributed by atoms with van der Waals surface area (Å²) in [6, 6.07) is 10.6. The number of methoxy groups -OCH3 is 1. The van der Waals surface area contributed by atoms with E-state index in [1.165, 1.54) is 6.07 Å². The Balaban J connectivity index is 2.12. The Labute approximate surface area is 122 Å². The van der Waals surface area contributed by atoms with Gasteiger partial charge in [-0.1, -0.05) is 18.2 Å². The Kier molecular flexibility index (Phi) is 5.11. The highest BCUT2D eigenvalue weighted by atomic mass is 19.1. The molecule has 0 saturated heterocycles. The summed E-state index contributed by atoms with van der Waals surface area (Å²) in [6.07, 6.45) is 0. The average molecular weight is 293 g/mol. The van der Waals surface area contributed by atoms with Gasteiger partial charge in [-0.05, 0) is 25.2 Å². The number of halogens is 2. The minimum Gasteiger partial charge on any atom is -0.496 e. The average Bonchev–Trinajstić information content (AvgIpc) is 2.50. The first-order valence-electron chi connectivity index (χ1n) is 6.53. The fourth-order valence-corrected chi connectivity index (χ4v) is 2.05. The largest absolute Gasteiger partial charge is 0.496 e. The first-order valence-corrected chi connectivity index (χ1v) is 6.53. The van der Waals surface area contributed by atoms with Crippen LogP contribution in [0.15, 0.2) is 42.5 Å². The fourth-order valence-electron chi connectivity index (χ4n) is 2.05. The van der Waals surface area contributed by atoms with Gasteiger partial charge in [-0.2, -0.15) is 0 Å². The van der Waals surface area contributed by atoms with Crippen LogP contribution in [0, 0.1) is 11.6 Å². The molecule has 0 heterocycles. The maximum Gasteiger partial charge on any atom is 0.167 e. The number of hydrogen-bond acceptors (Lipinski definition) is 3. The summed E-state index contributed by atoms with van der Waals surface area (Å²) in [5, 5.41) is 3.09. The third kappa shape index (κ3) is 3.70. The molecule has 2 aromatic carbocycles. The van der Waals surface area contributed by atoms with Gasteiger partial charge in [0.05, 0.1) is 13.2 Å². The molecule has 0 spiro atoms. The Hall–Kier alpha value is -2.14. The SMILES string of the molecule is CNC(COc1ccc(F)cc1F)c1ccccc1OC. The molecule has 0 aliphatic carbocycles. The van der Waals surface area contributed by atoms with Crippen molar-refractivity contribution in [1.29, 1.82) is 0 Å². The third-order valence-electron chi connectivity index (χ3n) is 3.16. The molecular weight excluding hydrogens is 276 g/mol. The number of benzene rings is 2. The summed E-state index contributed by atoms with van der Waals surface area (Å²) in [5.41, 5.74) is 0.907. The molecule has 1 N–H and O–H groups in total. The zero-order valence-electron chi connectivity index (χ0n) is 11.9. The highest BCUT2D eigenvalue weighted by molar-refractivity contribution is 5.36. The molecular formula is C16H17F2NO2. The minimum atomic E-state index is -0.718. The van der Waals surface area contributed by atoms with Gasteiger partial charge in [0.1, 0.15) is 18.2 Å². The van der Waals surface area contributed by atoms with E-state index in [0.29, 0.717) is 0 Å². The Bertz CT molecular complexity index is 605. The van der Waals surface area contributed by atoms with Crippen molar-refractivity contribution >= 4 is 0 Å². The van der Waals surface area contributed by atoms with Crippen molar-refractivity contribution < 1.29 is 18.3 Å². The first-order chi connectivity index (χ1) is 10.2. The van der Waals surface area contributed by atoms with Crippen LogP contribution in [-0.4, -0.2) is 20.8 Å². The molecule has 0 saturated carbocycles. The molecule has 3 nitrogen and oxygen atoms in total. The molecule has 112 valence electrons. The van der Waals surface area contributed by atoms with Gasteiger partial charge in [-0.3, -0.25) is 0 Å². The normalized spacial score (nSPS) is 12.0. The molecule has 0 radical (unpaired) electrons. The van der Waals surface area contributed by atoms with Gasteiger partial charge >= 0.3 is 0 Å². The van der Waals surface area contributed by atoms with Crippen LogP contribution < -0.4 is 14.8 Å². The molecule has 0 aromatic heterocycles. The number of rotatable bonds is 6. The summed E-state index contributed by atoms with van der Waals surface area (Å²) >= 11 is 0. The lowest BCUT2D eigenvalue weighted by molar-refractivity contribution is 0.257. The summed E-state index contributed by atoms with van der Waals surface area (Å²) in [6.45, 7) is 0.194. The summed E-state index contributed by atoms with van der Waals surface area (Å²) in [4.78, 5) is 0. The van der Waals surface area contributed by atoms with Crippen LogP contribution in [0.4, 0.5) is 8.78 Å². The predicted molar refractivity (Wildman–Crippen MR) is 76.6 cm³/mol. The van der Waals surface area contributed by atoms with Crippen LogP contribution in [0.5, 0.6) is 11.5 Å². The number of para-hydroxylation sites is 1. The van der Waals surface area contributed by atoms with Gasteiger partial charge in [-0.25, -0.2) is 8.78 Å². The van der Waals surface area contributed by atoms with Gasteiger partial charge in [0.25, 0.3) is 0 Å². The maximum absolute atomic E-state index is 13.5. The third-order valence-corrected chi connectivity index (χ3v) is 3.16. The Morgan fingerprint density at radius 2 is 1.86 bits per heavy atom. The summed E-state index contributed by atoms with van der Waals surface area (Å²) in [7, 11) is 3.37. The van der Waals surface area contributed by atoms with Crippen LogP contribution in [0.1, 0.15) is 11.6 Å². The van der Waals surface area contributed by atoms with Crippen LogP contribution in [0.25, 0.3) is 0 Å². The van der Waals surface area contributed by atoms with Gasteiger partial charge in [0, 0.05) is 11.6 Å². The topological polar surface area (TPSA) is 30.5 Å². The molecule has 0 aliphatic heterocycles. The molecule has 5 heteroatoms. The smallest absolute Gasteiger partial charge is 0.167 e. The van der Waals surface area contributed by atoms with E-state index in [0.717, 1.165) is 23.4 Å². The molecule has 1 unspecified atom stereocenters. The van der Waals surface area contributed by atoms with Crippen LogP contribution in [-0.2, 0) is 0 Å². The van der Waals surface area contributed by atoms with Crippen LogP contribution in [0.3, 0.4) is 0 Å². The zero-order valence-corrected chi connectivity index (χ0v) is 11.9. The van der Waals surface area contributed by atoms with E-state index in [2.05, 4.69) is 5.32 Å². The second-order valence-corrected chi connectivity index (χ2v) is 4.47. The van der Waals surface area contributed by atoms with Crippen molar-refractivity contribution in [3.63, 3.8) is 0 Å². The molecule has 0 amide bonds. The maximum atomic E-state index is 13.5.